The Kier molecular flexibility index (Phi) is 3.67. The Labute approximate surface area is 122 Å². The quantitative estimate of drug-likeness (QED) is 0.617. The number of aromatic amines is 1. The van der Waals surface area contributed by atoms with Crippen LogP contribution in [0.5, 0.6) is 0 Å². The van der Waals surface area contributed by atoms with Gasteiger partial charge in [0.25, 0.3) is 0 Å². The zero-order valence-corrected chi connectivity index (χ0v) is 11.6. The number of hydrogen-bond donors (Lipinski definition) is 4. The molecular weight excluding hydrogens is 270 g/mol. The first-order valence-corrected chi connectivity index (χ1v) is 7.01. The molecular formula is C15H19N3O3. The second-order valence-electron chi connectivity index (χ2n) is 5.55. The maximum absolute atomic E-state index is 12.3. The van der Waals surface area contributed by atoms with Gasteiger partial charge in [-0.15, -0.1) is 0 Å². The molecule has 0 bridgehead atoms. The molecule has 2 unspecified atom stereocenters. The van der Waals surface area contributed by atoms with E-state index in [4.69, 9.17) is 5.73 Å². The Bertz CT molecular complexity index is 644. The van der Waals surface area contributed by atoms with Crippen LogP contribution in [-0.4, -0.2) is 57.3 Å². The van der Waals surface area contributed by atoms with Gasteiger partial charge in [-0.05, 0) is 18.1 Å². The van der Waals surface area contributed by atoms with Crippen LogP contribution in [0.3, 0.4) is 0 Å². The van der Waals surface area contributed by atoms with E-state index in [-0.39, 0.29) is 19.0 Å². The molecule has 1 aromatic heterocycles. The van der Waals surface area contributed by atoms with Gasteiger partial charge in [-0.25, -0.2) is 0 Å². The highest BCUT2D eigenvalue weighted by Crippen LogP contribution is 2.20. The fourth-order valence-corrected chi connectivity index (χ4v) is 2.81. The SMILES string of the molecule is N[C@H](Cc1c[nH]c2ccccc12)C(=O)N1CC(O)C(O)C1. The molecule has 2 heterocycles. The number of H-pyrrole nitrogens is 1. The van der Waals surface area contributed by atoms with Crippen molar-refractivity contribution in [3.05, 3.63) is 36.0 Å². The number of carbonyl (C=O) groups is 1. The van der Waals surface area contributed by atoms with Crippen LogP contribution in [0, 0.1) is 0 Å². The van der Waals surface area contributed by atoms with Gasteiger partial charge in [0.1, 0.15) is 0 Å². The van der Waals surface area contributed by atoms with Crippen LogP contribution in [0.4, 0.5) is 0 Å². The van der Waals surface area contributed by atoms with Crippen LogP contribution in [-0.2, 0) is 11.2 Å². The number of nitrogens with one attached hydrogen (secondary N) is 1. The zero-order valence-electron chi connectivity index (χ0n) is 11.6. The van der Waals surface area contributed by atoms with Crippen molar-refractivity contribution in [3.8, 4) is 0 Å². The standard InChI is InChI=1S/C15H19N3O3/c16-11(15(21)18-7-13(19)14(20)8-18)5-9-6-17-12-4-2-1-3-10(9)12/h1-4,6,11,13-14,17,19-20H,5,7-8,16H2/t11-,13?,14?/m1/s1. The molecule has 3 atom stereocenters. The van der Waals surface area contributed by atoms with E-state index >= 15 is 0 Å². The predicted octanol–water partition coefficient (Wildman–Crippen LogP) is -0.398. The number of aliphatic hydroxyl groups excluding tert-OH is 2. The number of benzene rings is 1. The molecule has 5 N–H and O–H groups in total. The minimum absolute atomic E-state index is 0.140. The summed E-state index contributed by atoms with van der Waals surface area (Å²) in [5, 5.41) is 20.1. The van der Waals surface area contributed by atoms with Gasteiger partial charge in [-0.2, -0.15) is 0 Å². The van der Waals surface area contributed by atoms with Gasteiger partial charge in [0.05, 0.1) is 18.2 Å². The summed E-state index contributed by atoms with van der Waals surface area (Å²) in [6, 6.07) is 7.17. The second-order valence-corrected chi connectivity index (χ2v) is 5.55. The average molecular weight is 289 g/mol. The van der Waals surface area contributed by atoms with Gasteiger partial charge in [0, 0.05) is 30.2 Å². The van der Waals surface area contributed by atoms with Gasteiger partial charge >= 0.3 is 0 Å². The van der Waals surface area contributed by atoms with E-state index in [1.807, 2.05) is 30.5 Å². The monoisotopic (exact) mass is 289 g/mol. The molecule has 112 valence electrons. The van der Waals surface area contributed by atoms with E-state index in [0.29, 0.717) is 6.42 Å². The van der Waals surface area contributed by atoms with Crippen LogP contribution in [0.15, 0.2) is 30.5 Å². The van der Waals surface area contributed by atoms with E-state index in [1.54, 1.807) is 0 Å². The molecule has 2 aromatic rings. The maximum atomic E-state index is 12.3. The summed E-state index contributed by atoms with van der Waals surface area (Å²) in [7, 11) is 0. The number of para-hydroxylation sites is 1. The van der Waals surface area contributed by atoms with Crippen molar-refractivity contribution in [1.29, 1.82) is 0 Å². The number of β-amino-alcohol motifs (C(OH)–C–C–N with tert-alkyl or cyclic N) is 2. The number of likely N-dealkylation sites (tertiary alicyclic amines) is 1. The molecule has 1 saturated heterocycles. The molecule has 0 aliphatic carbocycles. The molecule has 1 aromatic carbocycles. The Morgan fingerprint density at radius 2 is 2.00 bits per heavy atom. The third-order valence-corrected chi connectivity index (χ3v) is 4.00. The lowest BCUT2D eigenvalue weighted by Crippen LogP contribution is -2.44. The van der Waals surface area contributed by atoms with Crippen molar-refractivity contribution in [2.75, 3.05) is 13.1 Å². The minimum atomic E-state index is -0.880. The summed E-state index contributed by atoms with van der Waals surface area (Å²) >= 11 is 0. The summed E-state index contributed by atoms with van der Waals surface area (Å²) in [6.45, 7) is 0.281. The van der Waals surface area contributed by atoms with E-state index in [9.17, 15) is 15.0 Å². The smallest absolute Gasteiger partial charge is 0.240 e. The molecule has 1 aliphatic heterocycles. The van der Waals surface area contributed by atoms with Crippen LogP contribution in [0.25, 0.3) is 10.9 Å². The van der Waals surface area contributed by atoms with Crippen molar-refractivity contribution < 1.29 is 15.0 Å². The Morgan fingerprint density at radius 1 is 1.33 bits per heavy atom. The first kappa shape index (κ1) is 14.1. The predicted molar refractivity (Wildman–Crippen MR) is 78.6 cm³/mol. The average Bonchev–Trinajstić information content (AvgIpc) is 3.03. The molecule has 21 heavy (non-hydrogen) atoms. The third kappa shape index (κ3) is 2.65. The lowest BCUT2D eigenvalue weighted by atomic mass is 10.0. The van der Waals surface area contributed by atoms with Gasteiger partial charge in [0.2, 0.25) is 5.91 Å². The number of aliphatic hydroxyl groups is 2. The number of nitrogens with zero attached hydrogens (tertiary/aromatic N) is 1. The summed E-state index contributed by atoms with van der Waals surface area (Å²) in [6.07, 6.45) is 0.528. The highest BCUT2D eigenvalue weighted by molar-refractivity contribution is 5.86. The molecule has 6 nitrogen and oxygen atoms in total. The molecule has 0 radical (unpaired) electrons. The Morgan fingerprint density at radius 3 is 2.71 bits per heavy atom. The Balaban J connectivity index is 1.71. The van der Waals surface area contributed by atoms with Crippen molar-refractivity contribution in [2.24, 2.45) is 5.73 Å². The number of rotatable bonds is 3. The second kappa shape index (κ2) is 5.48. The maximum Gasteiger partial charge on any atom is 0.240 e. The molecule has 1 fully saturated rings. The lowest BCUT2D eigenvalue weighted by Gasteiger charge is -2.20. The first-order chi connectivity index (χ1) is 10.1. The van der Waals surface area contributed by atoms with Gasteiger partial charge in [0.15, 0.2) is 0 Å². The molecule has 1 aliphatic rings. The largest absolute Gasteiger partial charge is 0.388 e. The number of carbonyl (C=O) groups excluding carboxylic acids is 1. The van der Waals surface area contributed by atoms with E-state index in [2.05, 4.69) is 4.98 Å². The van der Waals surface area contributed by atoms with Crippen molar-refractivity contribution >= 4 is 16.8 Å². The zero-order chi connectivity index (χ0) is 15.0. The lowest BCUT2D eigenvalue weighted by molar-refractivity contribution is -0.132. The molecule has 1 amide bonds. The van der Waals surface area contributed by atoms with Crippen molar-refractivity contribution in [3.63, 3.8) is 0 Å². The topological polar surface area (TPSA) is 103 Å². The number of fused-ring (bicyclic) bond motifs is 1. The van der Waals surface area contributed by atoms with Crippen LogP contribution in [0.1, 0.15) is 5.56 Å². The van der Waals surface area contributed by atoms with Crippen LogP contribution < -0.4 is 5.73 Å². The van der Waals surface area contributed by atoms with Crippen molar-refractivity contribution in [1.82, 2.24) is 9.88 Å². The van der Waals surface area contributed by atoms with E-state index < -0.39 is 18.2 Å². The Hall–Kier alpha value is -1.89. The molecule has 0 spiro atoms. The number of hydrogen-bond acceptors (Lipinski definition) is 4. The van der Waals surface area contributed by atoms with Crippen molar-refractivity contribution in [2.45, 2.75) is 24.7 Å². The minimum Gasteiger partial charge on any atom is -0.388 e. The normalized spacial score (nSPS) is 23.7. The van der Waals surface area contributed by atoms with E-state index in [0.717, 1.165) is 16.5 Å². The van der Waals surface area contributed by atoms with E-state index in [1.165, 1.54) is 4.90 Å². The summed E-state index contributed by atoms with van der Waals surface area (Å²) in [5.41, 5.74) is 8.01. The molecule has 3 rings (SSSR count). The third-order valence-electron chi connectivity index (χ3n) is 4.00. The fraction of sp³-hybridized carbons (Fsp3) is 0.400. The summed E-state index contributed by atoms with van der Waals surface area (Å²) in [4.78, 5) is 16.8. The molecule has 0 saturated carbocycles. The van der Waals surface area contributed by atoms with Gasteiger partial charge < -0.3 is 25.8 Å². The molecule has 6 heteroatoms. The van der Waals surface area contributed by atoms with Gasteiger partial charge in [-0.3, -0.25) is 4.79 Å². The highest BCUT2D eigenvalue weighted by atomic mass is 16.3. The fourth-order valence-electron chi connectivity index (χ4n) is 2.81. The number of nitrogens with two attached hydrogens (primary N) is 1. The number of aromatic nitrogens is 1. The van der Waals surface area contributed by atoms with Gasteiger partial charge in [-0.1, -0.05) is 18.2 Å². The number of amides is 1. The van der Waals surface area contributed by atoms with Crippen LogP contribution in [0.2, 0.25) is 0 Å². The first-order valence-electron chi connectivity index (χ1n) is 7.01. The summed E-state index contributed by atoms with van der Waals surface area (Å²) < 4.78 is 0. The highest BCUT2D eigenvalue weighted by Gasteiger charge is 2.34. The van der Waals surface area contributed by atoms with Crippen LogP contribution >= 0.6 is 0 Å². The summed E-state index contributed by atoms with van der Waals surface area (Å²) in [5.74, 6) is -0.240.